The summed E-state index contributed by atoms with van der Waals surface area (Å²) in [6.45, 7) is 5.15. The van der Waals surface area contributed by atoms with Crippen molar-refractivity contribution < 1.29 is 9.47 Å². The van der Waals surface area contributed by atoms with Gasteiger partial charge in [-0.1, -0.05) is 24.3 Å². The van der Waals surface area contributed by atoms with Crippen LogP contribution < -0.4 is 24.7 Å². The number of hydrazone groups is 1. The molecule has 6 rings (SSSR count). The Hall–Kier alpha value is -4.34. The molecule has 0 unspecified atom stereocenters. The molecule has 2 aromatic carbocycles. The largest absolute Gasteiger partial charge is 0.497 e. The highest BCUT2D eigenvalue weighted by atomic mass is 16.5. The molecule has 2 fully saturated rings. The molecule has 0 aliphatic carbocycles. The molecule has 202 valence electrons. The predicted molar refractivity (Wildman–Crippen MR) is 154 cm³/mol. The Bertz CT molecular complexity index is 1410. The molecule has 2 saturated heterocycles. The van der Waals surface area contributed by atoms with Gasteiger partial charge in [0.15, 0.2) is 0 Å². The number of hydrogen-bond acceptors (Lipinski definition) is 9. The summed E-state index contributed by atoms with van der Waals surface area (Å²) < 4.78 is 13.5. The van der Waals surface area contributed by atoms with Crippen molar-refractivity contribution in [3.05, 3.63) is 60.3 Å². The van der Waals surface area contributed by atoms with Gasteiger partial charge in [0.05, 0.1) is 19.9 Å². The highest BCUT2D eigenvalue weighted by Crippen LogP contribution is 2.24. The van der Waals surface area contributed by atoms with Gasteiger partial charge in [0.25, 0.3) is 0 Å². The molecule has 0 radical (unpaired) electrons. The van der Waals surface area contributed by atoms with E-state index in [0.29, 0.717) is 19.1 Å². The van der Waals surface area contributed by atoms with E-state index in [2.05, 4.69) is 53.2 Å². The van der Waals surface area contributed by atoms with Crippen LogP contribution in [-0.4, -0.2) is 65.6 Å². The lowest BCUT2D eigenvalue weighted by atomic mass is 10.2. The molecule has 0 spiro atoms. The number of methoxy groups -OCH3 is 1. The first-order valence-electron chi connectivity index (χ1n) is 13.7. The molecule has 4 aromatic rings. The van der Waals surface area contributed by atoms with Crippen molar-refractivity contribution in [3.63, 3.8) is 0 Å². The number of fused-ring (bicyclic) bond motifs is 1. The maximum atomic E-state index is 5.98. The number of aromatic nitrogens is 4. The minimum Gasteiger partial charge on any atom is -0.497 e. The first-order chi connectivity index (χ1) is 19.3. The van der Waals surface area contributed by atoms with Crippen molar-refractivity contribution in [1.29, 1.82) is 0 Å². The first-order valence-corrected chi connectivity index (χ1v) is 13.7. The number of rotatable bonds is 10. The maximum absolute atomic E-state index is 5.98. The SMILES string of the molecule is COc1cccc(OCCn2cc(/C=N\Nc3nc(N4CCCC4)nc(N4CCCC4)n3)c3ccccc32)c1. The lowest BCUT2D eigenvalue weighted by Crippen LogP contribution is -2.25. The van der Waals surface area contributed by atoms with E-state index < -0.39 is 0 Å². The zero-order valence-electron chi connectivity index (χ0n) is 22.3. The number of benzene rings is 2. The van der Waals surface area contributed by atoms with Crippen molar-refractivity contribution in [2.75, 3.05) is 55.1 Å². The lowest BCUT2D eigenvalue weighted by Gasteiger charge is -2.20. The van der Waals surface area contributed by atoms with Gasteiger partial charge in [0.1, 0.15) is 18.1 Å². The summed E-state index contributed by atoms with van der Waals surface area (Å²) >= 11 is 0. The van der Waals surface area contributed by atoms with Crippen molar-refractivity contribution >= 4 is 35.0 Å². The van der Waals surface area contributed by atoms with Gasteiger partial charge in [-0.25, -0.2) is 5.43 Å². The third kappa shape index (κ3) is 5.74. The van der Waals surface area contributed by atoms with Gasteiger partial charge in [-0.15, -0.1) is 0 Å². The van der Waals surface area contributed by atoms with Crippen molar-refractivity contribution in [2.45, 2.75) is 32.2 Å². The van der Waals surface area contributed by atoms with E-state index in [0.717, 1.165) is 66.0 Å². The summed E-state index contributed by atoms with van der Waals surface area (Å²) in [5, 5.41) is 5.66. The number of para-hydroxylation sites is 1. The standard InChI is InChI=1S/C29H34N8O2/c1-38-23-9-8-10-24(19-23)39-18-17-37-21-22(25-11-2-3-12-26(25)37)20-30-34-27-31-28(35-13-4-5-14-35)33-29(32-27)36-15-6-7-16-36/h2-3,8-12,19-21H,4-7,13-18H2,1H3,(H,31,32,33,34)/b30-20-. The number of anilines is 3. The number of ether oxygens (including phenoxy) is 2. The molecule has 0 bridgehead atoms. The molecular formula is C29H34N8O2. The van der Waals surface area contributed by atoms with Gasteiger partial charge in [0, 0.05) is 54.9 Å². The van der Waals surface area contributed by atoms with Gasteiger partial charge in [-0.2, -0.15) is 20.1 Å². The van der Waals surface area contributed by atoms with E-state index in [9.17, 15) is 0 Å². The lowest BCUT2D eigenvalue weighted by molar-refractivity contribution is 0.298. The van der Waals surface area contributed by atoms with Crippen LogP contribution in [0.15, 0.2) is 59.8 Å². The van der Waals surface area contributed by atoms with Crippen LogP contribution in [-0.2, 0) is 6.54 Å². The Morgan fingerprint density at radius 2 is 1.56 bits per heavy atom. The van der Waals surface area contributed by atoms with Gasteiger partial charge in [-0.3, -0.25) is 0 Å². The molecule has 2 aliphatic heterocycles. The number of hydrogen-bond donors (Lipinski definition) is 1. The summed E-state index contributed by atoms with van der Waals surface area (Å²) in [6, 6.07) is 16.0. The van der Waals surface area contributed by atoms with Gasteiger partial charge in [-0.05, 0) is 43.9 Å². The molecular weight excluding hydrogens is 492 g/mol. The van der Waals surface area contributed by atoms with Gasteiger partial charge >= 0.3 is 0 Å². The summed E-state index contributed by atoms with van der Waals surface area (Å²) in [7, 11) is 1.66. The van der Waals surface area contributed by atoms with E-state index in [1.165, 1.54) is 25.7 Å². The Morgan fingerprint density at radius 3 is 2.28 bits per heavy atom. The molecule has 10 heteroatoms. The highest BCUT2D eigenvalue weighted by molar-refractivity contribution is 5.99. The molecule has 2 aliphatic rings. The molecule has 1 N–H and O–H groups in total. The minimum absolute atomic E-state index is 0.473. The second kappa shape index (κ2) is 11.6. The molecule has 4 heterocycles. The normalized spacial score (nSPS) is 15.5. The van der Waals surface area contributed by atoms with E-state index >= 15 is 0 Å². The third-order valence-corrected chi connectivity index (χ3v) is 7.22. The molecule has 2 aromatic heterocycles. The molecule has 0 amide bonds. The fraction of sp³-hybridized carbons (Fsp3) is 0.379. The molecule has 0 atom stereocenters. The molecule has 39 heavy (non-hydrogen) atoms. The fourth-order valence-electron chi connectivity index (χ4n) is 5.20. The molecule has 10 nitrogen and oxygen atoms in total. The third-order valence-electron chi connectivity index (χ3n) is 7.22. The fourth-order valence-corrected chi connectivity index (χ4v) is 5.20. The zero-order valence-corrected chi connectivity index (χ0v) is 22.3. The topological polar surface area (TPSA) is 92.9 Å². The Morgan fingerprint density at radius 1 is 0.872 bits per heavy atom. The smallest absolute Gasteiger partial charge is 0.250 e. The second-order valence-electron chi connectivity index (χ2n) is 9.84. The summed E-state index contributed by atoms with van der Waals surface area (Å²) in [6.07, 6.45) is 8.60. The minimum atomic E-state index is 0.473. The van der Waals surface area contributed by atoms with Crippen molar-refractivity contribution in [3.8, 4) is 11.5 Å². The first kappa shape index (κ1) is 25.0. The Labute approximate surface area is 228 Å². The summed E-state index contributed by atoms with van der Waals surface area (Å²) in [5.41, 5.74) is 5.21. The Kier molecular flexibility index (Phi) is 7.42. The van der Waals surface area contributed by atoms with E-state index in [1.807, 2.05) is 42.6 Å². The van der Waals surface area contributed by atoms with Crippen LogP contribution in [0, 0.1) is 0 Å². The molecule has 0 saturated carbocycles. The summed E-state index contributed by atoms with van der Waals surface area (Å²) in [4.78, 5) is 18.6. The van der Waals surface area contributed by atoms with Gasteiger partial charge < -0.3 is 23.8 Å². The average molecular weight is 527 g/mol. The monoisotopic (exact) mass is 526 g/mol. The van der Waals surface area contributed by atoms with Crippen LogP contribution in [0.2, 0.25) is 0 Å². The quantitative estimate of drug-likeness (QED) is 0.238. The predicted octanol–water partition coefficient (Wildman–Crippen LogP) is 4.56. The maximum Gasteiger partial charge on any atom is 0.250 e. The summed E-state index contributed by atoms with van der Waals surface area (Å²) in [5.74, 6) is 3.50. The van der Waals surface area contributed by atoms with Crippen molar-refractivity contribution in [2.24, 2.45) is 5.10 Å². The van der Waals surface area contributed by atoms with E-state index in [1.54, 1.807) is 7.11 Å². The van der Waals surface area contributed by atoms with E-state index in [4.69, 9.17) is 14.5 Å². The van der Waals surface area contributed by atoms with Crippen LogP contribution in [0.25, 0.3) is 10.9 Å². The number of nitrogens with zero attached hydrogens (tertiary/aromatic N) is 7. The highest BCUT2D eigenvalue weighted by Gasteiger charge is 2.21. The van der Waals surface area contributed by atoms with Crippen LogP contribution in [0.1, 0.15) is 31.2 Å². The average Bonchev–Trinajstić information content (AvgIpc) is 3.76. The second-order valence-corrected chi connectivity index (χ2v) is 9.84. The zero-order chi connectivity index (χ0) is 26.4. The number of nitrogens with one attached hydrogen (secondary N) is 1. The van der Waals surface area contributed by atoms with Crippen LogP contribution in [0.3, 0.4) is 0 Å². The van der Waals surface area contributed by atoms with Crippen LogP contribution in [0.5, 0.6) is 11.5 Å². The van der Waals surface area contributed by atoms with E-state index in [-0.39, 0.29) is 0 Å². The van der Waals surface area contributed by atoms with Crippen LogP contribution in [0.4, 0.5) is 17.8 Å². The van der Waals surface area contributed by atoms with Crippen LogP contribution >= 0.6 is 0 Å². The van der Waals surface area contributed by atoms with Gasteiger partial charge in [0.2, 0.25) is 17.8 Å². The Balaban J connectivity index is 1.18. The van der Waals surface area contributed by atoms with Crippen molar-refractivity contribution in [1.82, 2.24) is 19.5 Å².